The predicted octanol–water partition coefficient (Wildman–Crippen LogP) is 3.29. The molecule has 0 aliphatic rings. The summed E-state index contributed by atoms with van der Waals surface area (Å²) in [5.74, 6) is 3.73. The van der Waals surface area contributed by atoms with E-state index >= 15 is 0 Å². The molecule has 0 aliphatic heterocycles. The minimum absolute atomic E-state index is 0.641. The van der Waals surface area contributed by atoms with Gasteiger partial charge in [0.05, 0.1) is 7.11 Å². The number of fused-ring (bicyclic) bond motifs is 1. The average Bonchev–Trinajstić information content (AvgIpc) is 3.21. The van der Waals surface area contributed by atoms with Crippen LogP contribution < -0.4 is 4.74 Å². The fourth-order valence-electron chi connectivity index (χ4n) is 2.59. The first-order chi connectivity index (χ1) is 11.7. The lowest BCUT2D eigenvalue weighted by Gasteiger charge is -2.01. The second-order valence-electron chi connectivity index (χ2n) is 5.50. The third-order valence-electron chi connectivity index (χ3n) is 3.78. The van der Waals surface area contributed by atoms with Crippen LogP contribution in [-0.2, 0) is 6.42 Å². The molecule has 4 aromatic rings. The maximum absolute atomic E-state index is 5.67. The van der Waals surface area contributed by atoms with E-state index in [9.17, 15) is 0 Å². The SMILES string of the molecule is COc1ccc(Cc2nc3ccnc(-c4ccc(C)o4)n3n2)cc1. The quantitative estimate of drug-likeness (QED) is 0.577. The molecular weight excluding hydrogens is 304 g/mol. The summed E-state index contributed by atoms with van der Waals surface area (Å²) in [4.78, 5) is 8.97. The van der Waals surface area contributed by atoms with Gasteiger partial charge >= 0.3 is 0 Å². The van der Waals surface area contributed by atoms with Gasteiger partial charge in [0, 0.05) is 18.7 Å². The Bertz CT molecular complexity index is 986. The first-order valence-corrected chi connectivity index (χ1v) is 7.63. The van der Waals surface area contributed by atoms with Gasteiger partial charge in [-0.25, -0.2) is 9.97 Å². The molecule has 0 spiro atoms. The van der Waals surface area contributed by atoms with Crippen LogP contribution in [0.4, 0.5) is 0 Å². The molecule has 6 nitrogen and oxygen atoms in total. The highest BCUT2D eigenvalue weighted by Gasteiger charge is 2.13. The molecule has 3 aromatic heterocycles. The lowest BCUT2D eigenvalue weighted by Crippen LogP contribution is -1.97. The molecule has 0 bridgehead atoms. The molecule has 4 rings (SSSR count). The molecular formula is C18H16N4O2. The molecule has 0 amide bonds. The minimum Gasteiger partial charge on any atom is -0.497 e. The highest BCUT2D eigenvalue weighted by Crippen LogP contribution is 2.21. The van der Waals surface area contributed by atoms with Gasteiger partial charge in [-0.05, 0) is 36.8 Å². The van der Waals surface area contributed by atoms with Gasteiger partial charge in [-0.2, -0.15) is 4.52 Å². The monoisotopic (exact) mass is 320 g/mol. The van der Waals surface area contributed by atoms with Gasteiger partial charge < -0.3 is 9.15 Å². The molecule has 120 valence electrons. The zero-order valence-electron chi connectivity index (χ0n) is 13.4. The highest BCUT2D eigenvalue weighted by atomic mass is 16.5. The Hall–Kier alpha value is -3.15. The van der Waals surface area contributed by atoms with Crippen molar-refractivity contribution in [2.75, 3.05) is 7.11 Å². The maximum atomic E-state index is 5.67. The molecule has 0 aliphatic carbocycles. The van der Waals surface area contributed by atoms with Crippen LogP contribution in [0.15, 0.2) is 53.1 Å². The third kappa shape index (κ3) is 2.62. The Labute approximate surface area is 138 Å². The van der Waals surface area contributed by atoms with Gasteiger partial charge in [0.2, 0.25) is 0 Å². The van der Waals surface area contributed by atoms with E-state index in [2.05, 4.69) is 15.1 Å². The fraction of sp³-hybridized carbons (Fsp3) is 0.167. The molecule has 6 heteroatoms. The van der Waals surface area contributed by atoms with E-state index in [0.717, 1.165) is 28.5 Å². The molecule has 0 atom stereocenters. The van der Waals surface area contributed by atoms with E-state index in [0.29, 0.717) is 18.0 Å². The lowest BCUT2D eigenvalue weighted by molar-refractivity contribution is 0.414. The van der Waals surface area contributed by atoms with Gasteiger partial charge in [-0.15, -0.1) is 5.10 Å². The van der Waals surface area contributed by atoms with Crippen molar-refractivity contribution >= 4 is 5.65 Å². The van der Waals surface area contributed by atoms with Gasteiger partial charge in [0.1, 0.15) is 11.5 Å². The zero-order valence-corrected chi connectivity index (χ0v) is 13.4. The third-order valence-corrected chi connectivity index (χ3v) is 3.78. The number of hydrogen-bond donors (Lipinski definition) is 0. The molecule has 0 fully saturated rings. The zero-order chi connectivity index (χ0) is 16.5. The molecule has 0 radical (unpaired) electrons. The molecule has 0 N–H and O–H groups in total. The van der Waals surface area contributed by atoms with E-state index in [1.54, 1.807) is 17.8 Å². The number of benzene rings is 1. The average molecular weight is 320 g/mol. The number of hydrogen-bond acceptors (Lipinski definition) is 5. The molecule has 0 saturated heterocycles. The second kappa shape index (κ2) is 5.81. The summed E-state index contributed by atoms with van der Waals surface area (Å²) in [6.45, 7) is 1.90. The van der Waals surface area contributed by atoms with E-state index in [4.69, 9.17) is 9.15 Å². The lowest BCUT2D eigenvalue weighted by atomic mass is 10.1. The van der Waals surface area contributed by atoms with E-state index in [1.807, 2.05) is 49.4 Å². The van der Waals surface area contributed by atoms with Crippen molar-refractivity contribution in [2.45, 2.75) is 13.3 Å². The minimum atomic E-state index is 0.641. The maximum Gasteiger partial charge on any atom is 0.198 e. The van der Waals surface area contributed by atoms with Crippen LogP contribution in [0.5, 0.6) is 5.75 Å². The number of rotatable bonds is 4. The van der Waals surface area contributed by atoms with Crippen LogP contribution >= 0.6 is 0 Å². The molecule has 24 heavy (non-hydrogen) atoms. The smallest absolute Gasteiger partial charge is 0.198 e. The Morgan fingerprint density at radius 2 is 1.92 bits per heavy atom. The Kier molecular flexibility index (Phi) is 3.49. The van der Waals surface area contributed by atoms with E-state index in [1.165, 1.54) is 0 Å². The van der Waals surface area contributed by atoms with Gasteiger partial charge in [-0.1, -0.05) is 12.1 Å². The topological polar surface area (TPSA) is 65.5 Å². The Balaban J connectivity index is 1.70. The molecule has 1 aromatic carbocycles. The predicted molar refractivity (Wildman–Crippen MR) is 89.0 cm³/mol. The van der Waals surface area contributed by atoms with Crippen LogP contribution in [-0.4, -0.2) is 26.7 Å². The van der Waals surface area contributed by atoms with Crippen molar-refractivity contribution in [2.24, 2.45) is 0 Å². The summed E-state index contributed by atoms with van der Waals surface area (Å²) >= 11 is 0. The van der Waals surface area contributed by atoms with E-state index < -0.39 is 0 Å². The van der Waals surface area contributed by atoms with Crippen molar-refractivity contribution < 1.29 is 9.15 Å². The van der Waals surface area contributed by atoms with Crippen LogP contribution in [0, 0.1) is 6.92 Å². The first-order valence-electron chi connectivity index (χ1n) is 7.63. The Morgan fingerprint density at radius 1 is 1.08 bits per heavy atom. The fourth-order valence-corrected chi connectivity index (χ4v) is 2.59. The van der Waals surface area contributed by atoms with Crippen LogP contribution in [0.25, 0.3) is 17.2 Å². The summed E-state index contributed by atoms with van der Waals surface area (Å²) < 4.78 is 12.6. The second-order valence-corrected chi connectivity index (χ2v) is 5.50. The van der Waals surface area contributed by atoms with Crippen LogP contribution in [0.1, 0.15) is 17.1 Å². The van der Waals surface area contributed by atoms with Gasteiger partial charge in [0.25, 0.3) is 0 Å². The largest absolute Gasteiger partial charge is 0.497 e. The normalized spacial score (nSPS) is 11.1. The summed E-state index contributed by atoms with van der Waals surface area (Å²) in [6.07, 6.45) is 2.36. The first kappa shape index (κ1) is 14.4. The molecule has 3 heterocycles. The van der Waals surface area contributed by atoms with Gasteiger partial charge in [0.15, 0.2) is 23.1 Å². The van der Waals surface area contributed by atoms with Gasteiger partial charge in [-0.3, -0.25) is 0 Å². The van der Waals surface area contributed by atoms with Crippen molar-refractivity contribution in [1.29, 1.82) is 0 Å². The highest BCUT2D eigenvalue weighted by molar-refractivity contribution is 5.53. The summed E-state index contributed by atoms with van der Waals surface area (Å²) in [5.41, 5.74) is 1.87. The Morgan fingerprint density at radius 3 is 2.62 bits per heavy atom. The molecule has 0 unspecified atom stereocenters. The summed E-state index contributed by atoms with van der Waals surface area (Å²) in [5, 5.41) is 4.59. The number of nitrogens with zero attached hydrogens (tertiary/aromatic N) is 4. The summed E-state index contributed by atoms with van der Waals surface area (Å²) in [6, 6.07) is 13.5. The van der Waals surface area contributed by atoms with Crippen LogP contribution in [0.2, 0.25) is 0 Å². The number of ether oxygens (including phenoxy) is 1. The standard InChI is InChI=1S/C18H16N4O2/c1-12-3-8-15(24-12)18-19-10-9-17-20-16(21-22(17)18)11-13-4-6-14(23-2)7-5-13/h3-10H,11H2,1-2H3. The van der Waals surface area contributed by atoms with E-state index in [-0.39, 0.29) is 0 Å². The van der Waals surface area contributed by atoms with Crippen LogP contribution in [0.3, 0.4) is 0 Å². The molecule has 0 saturated carbocycles. The van der Waals surface area contributed by atoms with Crippen molar-refractivity contribution in [3.05, 3.63) is 65.8 Å². The number of furan rings is 1. The van der Waals surface area contributed by atoms with Crippen molar-refractivity contribution in [3.63, 3.8) is 0 Å². The number of aryl methyl sites for hydroxylation is 1. The number of methoxy groups -OCH3 is 1. The van der Waals surface area contributed by atoms with Crippen molar-refractivity contribution in [3.8, 4) is 17.3 Å². The summed E-state index contributed by atoms with van der Waals surface area (Å²) in [7, 11) is 1.66. The van der Waals surface area contributed by atoms with Crippen molar-refractivity contribution in [1.82, 2.24) is 19.6 Å². The number of aromatic nitrogens is 4.